The Labute approximate surface area is 142 Å². The van der Waals surface area contributed by atoms with E-state index in [-0.39, 0.29) is 0 Å². The second-order valence-electron chi connectivity index (χ2n) is 5.60. The van der Waals surface area contributed by atoms with Crippen molar-refractivity contribution in [2.24, 2.45) is 0 Å². The molecule has 0 unspecified atom stereocenters. The molecule has 1 aromatic carbocycles. The zero-order valence-electron chi connectivity index (χ0n) is 13.6. The lowest BCUT2D eigenvalue weighted by atomic mass is 10.2. The van der Waals surface area contributed by atoms with Crippen molar-refractivity contribution in [2.45, 2.75) is 11.6 Å². The second kappa shape index (κ2) is 8.26. The number of hydrogen-bond acceptors (Lipinski definition) is 5. The molecule has 1 aliphatic rings. The van der Waals surface area contributed by atoms with E-state index in [1.165, 1.54) is 12.1 Å². The predicted molar refractivity (Wildman–Crippen MR) is 95.6 cm³/mol. The average Bonchev–Trinajstić information content (AvgIpc) is 3.13. The molecule has 2 aromatic rings. The smallest absolute Gasteiger partial charge is 0.165 e. The van der Waals surface area contributed by atoms with Crippen LogP contribution in [0.5, 0.6) is 5.75 Å². The van der Waals surface area contributed by atoms with E-state index < -0.39 is 0 Å². The maximum absolute atomic E-state index is 5.47. The van der Waals surface area contributed by atoms with Crippen LogP contribution in [0.4, 0.5) is 5.69 Å². The minimum Gasteiger partial charge on any atom is -0.495 e. The highest BCUT2D eigenvalue weighted by atomic mass is 32.2. The Morgan fingerprint density at radius 1 is 1.22 bits per heavy atom. The van der Waals surface area contributed by atoms with Crippen LogP contribution in [0.3, 0.4) is 0 Å². The molecule has 0 radical (unpaired) electrons. The van der Waals surface area contributed by atoms with Gasteiger partial charge in [0.25, 0.3) is 0 Å². The van der Waals surface area contributed by atoms with Crippen LogP contribution in [-0.2, 0) is 0 Å². The number of hydrogen-bond donors (Lipinski definition) is 1. The number of para-hydroxylation sites is 2. The van der Waals surface area contributed by atoms with Crippen molar-refractivity contribution in [3.05, 3.63) is 36.7 Å². The highest BCUT2D eigenvalue weighted by Crippen LogP contribution is 2.28. The number of anilines is 1. The number of rotatable bonds is 7. The lowest BCUT2D eigenvalue weighted by Gasteiger charge is -2.36. The van der Waals surface area contributed by atoms with Crippen LogP contribution in [0.1, 0.15) is 6.42 Å². The number of aromatic amines is 1. The number of nitrogens with zero attached hydrogens (tertiary/aromatic N) is 3. The Bertz CT molecular complexity index is 582. The van der Waals surface area contributed by atoms with Crippen LogP contribution in [0.2, 0.25) is 0 Å². The molecule has 6 heteroatoms. The number of methoxy groups -OCH3 is 1. The summed E-state index contributed by atoms with van der Waals surface area (Å²) in [6.45, 7) is 5.51. The number of thioether (sulfide) groups is 1. The molecular weight excluding hydrogens is 308 g/mol. The normalized spacial score (nSPS) is 15.8. The van der Waals surface area contributed by atoms with Gasteiger partial charge >= 0.3 is 0 Å². The highest BCUT2D eigenvalue weighted by Gasteiger charge is 2.18. The first-order valence-corrected chi connectivity index (χ1v) is 9.08. The van der Waals surface area contributed by atoms with Crippen molar-refractivity contribution in [1.82, 2.24) is 14.9 Å². The molecule has 3 rings (SSSR count). The van der Waals surface area contributed by atoms with Crippen LogP contribution in [0.25, 0.3) is 0 Å². The van der Waals surface area contributed by atoms with Crippen LogP contribution in [0.15, 0.2) is 41.8 Å². The summed E-state index contributed by atoms with van der Waals surface area (Å²) >= 11 is 1.80. The van der Waals surface area contributed by atoms with Gasteiger partial charge in [0.1, 0.15) is 5.75 Å². The fourth-order valence-corrected chi connectivity index (χ4v) is 3.64. The second-order valence-corrected chi connectivity index (χ2v) is 6.68. The molecule has 5 nitrogen and oxygen atoms in total. The lowest BCUT2D eigenvalue weighted by Crippen LogP contribution is -2.46. The van der Waals surface area contributed by atoms with Gasteiger partial charge in [-0.1, -0.05) is 23.9 Å². The van der Waals surface area contributed by atoms with Crippen molar-refractivity contribution in [1.29, 1.82) is 0 Å². The molecule has 23 heavy (non-hydrogen) atoms. The number of imidazole rings is 1. The summed E-state index contributed by atoms with van der Waals surface area (Å²) in [5, 5.41) is 1.02. The number of piperazine rings is 1. The summed E-state index contributed by atoms with van der Waals surface area (Å²) in [4.78, 5) is 12.3. The zero-order valence-corrected chi connectivity index (χ0v) is 14.4. The standard InChI is InChI=1S/C17H24N4OS/c1-22-16-6-3-2-5-15(16)21-12-10-20(11-13-21)9-4-14-23-17-18-7-8-19-17/h2-3,5-8H,4,9-14H2,1H3,(H,18,19). The average molecular weight is 332 g/mol. The topological polar surface area (TPSA) is 44.4 Å². The quantitative estimate of drug-likeness (QED) is 0.624. The fraction of sp³-hybridized carbons (Fsp3) is 0.471. The molecule has 1 aliphatic heterocycles. The number of ether oxygens (including phenoxy) is 1. The Balaban J connectivity index is 1.40. The molecule has 124 valence electrons. The van der Waals surface area contributed by atoms with Gasteiger partial charge in [0, 0.05) is 44.3 Å². The summed E-state index contributed by atoms with van der Waals surface area (Å²) in [5.74, 6) is 2.08. The van der Waals surface area contributed by atoms with Gasteiger partial charge < -0.3 is 14.6 Å². The van der Waals surface area contributed by atoms with Gasteiger partial charge in [0.2, 0.25) is 0 Å². The molecule has 0 bridgehead atoms. The van der Waals surface area contributed by atoms with Gasteiger partial charge in [-0.25, -0.2) is 4.98 Å². The first kappa shape index (κ1) is 16.2. The summed E-state index contributed by atoms with van der Waals surface area (Å²) in [6.07, 6.45) is 4.87. The molecule has 1 fully saturated rings. The number of H-pyrrole nitrogens is 1. The molecular formula is C17H24N4OS. The van der Waals surface area contributed by atoms with Gasteiger partial charge in [-0.15, -0.1) is 0 Å². The predicted octanol–water partition coefficient (Wildman–Crippen LogP) is 2.72. The third-order valence-electron chi connectivity index (χ3n) is 4.13. The van der Waals surface area contributed by atoms with Crippen LogP contribution < -0.4 is 9.64 Å². The first-order valence-electron chi connectivity index (χ1n) is 8.09. The van der Waals surface area contributed by atoms with E-state index in [9.17, 15) is 0 Å². The number of benzene rings is 1. The third kappa shape index (κ3) is 4.42. The summed E-state index contributed by atoms with van der Waals surface area (Å²) in [6, 6.07) is 8.29. The minimum absolute atomic E-state index is 0.968. The van der Waals surface area contributed by atoms with Crippen molar-refractivity contribution in [2.75, 3.05) is 50.5 Å². The molecule has 2 heterocycles. The maximum Gasteiger partial charge on any atom is 0.165 e. The lowest BCUT2D eigenvalue weighted by molar-refractivity contribution is 0.258. The summed E-state index contributed by atoms with van der Waals surface area (Å²) < 4.78 is 5.47. The van der Waals surface area contributed by atoms with Crippen molar-refractivity contribution in [3.63, 3.8) is 0 Å². The first-order chi connectivity index (χ1) is 11.4. The number of nitrogens with one attached hydrogen (secondary N) is 1. The molecule has 1 aromatic heterocycles. The molecule has 1 saturated heterocycles. The van der Waals surface area contributed by atoms with E-state index in [0.29, 0.717) is 0 Å². The van der Waals surface area contributed by atoms with Gasteiger partial charge in [-0.05, 0) is 25.1 Å². The molecule has 0 aliphatic carbocycles. The SMILES string of the molecule is COc1ccccc1N1CCN(CCCSc2ncc[nH]2)CC1. The maximum atomic E-state index is 5.47. The Morgan fingerprint density at radius 2 is 2.04 bits per heavy atom. The van der Waals surface area contributed by atoms with E-state index in [2.05, 4.69) is 31.9 Å². The van der Waals surface area contributed by atoms with E-state index in [1.807, 2.05) is 18.3 Å². The van der Waals surface area contributed by atoms with E-state index in [0.717, 1.165) is 49.4 Å². The molecule has 0 atom stereocenters. The number of aromatic nitrogens is 2. The summed E-state index contributed by atoms with van der Waals surface area (Å²) in [7, 11) is 1.74. The molecule has 0 amide bonds. The minimum atomic E-state index is 0.968. The molecule has 0 spiro atoms. The Kier molecular flexibility index (Phi) is 5.82. The summed E-state index contributed by atoms with van der Waals surface area (Å²) in [5.41, 5.74) is 1.21. The van der Waals surface area contributed by atoms with Crippen molar-refractivity contribution in [3.8, 4) is 5.75 Å². The van der Waals surface area contributed by atoms with Gasteiger partial charge in [-0.3, -0.25) is 4.90 Å². The van der Waals surface area contributed by atoms with E-state index >= 15 is 0 Å². The monoisotopic (exact) mass is 332 g/mol. The Hall–Kier alpha value is -1.66. The van der Waals surface area contributed by atoms with Crippen LogP contribution in [0, 0.1) is 0 Å². The van der Waals surface area contributed by atoms with Gasteiger partial charge in [0.05, 0.1) is 12.8 Å². The molecule has 0 saturated carbocycles. The van der Waals surface area contributed by atoms with E-state index in [4.69, 9.17) is 4.74 Å². The Morgan fingerprint density at radius 3 is 2.78 bits per heavy atom. The van der Waals surface area contributed by atoms with Crippen LogP contribution in [-0.4, -0.2) is 60.5 Å². The fourth-order valence-electron chi connectivity index (χ4n) is 2.89. The van der Waals surface area contributed by atoms with Crippen molar-refractivity contribution < 1.29 is 4.74 Å². The van der Waals surface area contributed by atoms with Crippen LogP contribution >= 0.6 is 11.8 Å². The molecule has 1 N–H and O–H groups in total. The van der Waals surface area contributed by atoms with Crippen molar-refractivity contribution >= 4 is 17.4 Å². The van der Waals surface area contributed by atoms with E-state index in [1.54, 1.807) is 25.1 Å². The van der Waals surface area contributed by atoms with Gasteiger partial charge in [-0.2, -0.15) is 0 Å². The largest absolute Gasteiger partial charge is 0.495 e. The zero-order chi connectivity index (χ0) is 15.9. The van der Waals surface area contributed by atoms with Gasteiger partial charge in [0.15, 0.2) is 5.16 Å². The third-order valence-corrected chi connectivity index (χ3v) is 5.12. The highest BCUT2D eigenvalue weighted by molar-refractivity contribution is 7.99.